The van der Waals surface area contributed by atoms with E-state index in [1.807, 2.05) is 18.2 Å². The SMILES string of the molecule is CCCCC/C=C/C/C=C\C/C=C/C/C=C\CCCC(=O)O[C@H](COC(=O)CCCCCCCCCCCCCCCCC)COP(=O)(O)O[C@@H]1[C@H](O)[C@H](O)[C@@H](OP(=O)(O)O)[C@H](OP(=O)(O)O)[C@H]1O. The zero-order chi connectivity index (χ0) is 51.4. The van der Waals surface area contributed by atoms with E-state index < -0.39 is 91.3 Å². The Morgan fingerprint density at radius 2 is 0.855 bits per heavy atom. The molecule has 8 atom stereocenters. The van der Waals surface area contributed by atoms with E-state index in [-0.39, 0.29) is 12.8 Å². The van der Waals surface area contributed by atoms with Gasteiger partial charge in [-0.15, -0.1) is 0 Å². The van der Waals surface area contributed by atoms with Gasteiger partial charge in [-0.1, -0.05) is 165 Å². The van der Waals surface area contributed by atoms with Crippen LogP contribution in [0.25, 0.3) is 0 Å². The lowest BCUT2D eigenvalue weighted by Crippen LogP contribution is -2.65. The fourth-order valence-corrected chi connectivity index (χ4v) is 9.50. The summed E-state index contributed by atoms with van der Waals surface area (Å²) in [5, 5.41) is 31.9. The van der Waals surface area contributed by atoms with Crippen molar-refractivity contribution in [2.75, 3.05) is 13.2 Å². The number of phosphoric acid groups is 3. The maximum atomic E-state index is 13.1. The third kappa shape index (κ3) is 35.0. The lowest BCUT2D eigenvalue weighted by atomic mass is 9.85. The lowest BCUT2D eigenvalue weighted by molar-refractivity contribution is -0.213. The van der Waals surface area contributed by atoms with Crippen molar-refractivity contribution in [3.8, 4) is 0 Å². The van der Waals surface area contributed by atoms with Crippen molar-refractivity contribution in [2.24, 2.45) is 0 Å². The van der Waals surface area contributed by atoms with Crippen molar-refractivity contribution in [1.29, 1.82) is 0 Å². The smallest absolute Gasteiger partial charge is 0.462 e. The number of ether oxygens (including phenoxy) is 2. The molecule has 0 radical (unpaired) electrons. The summed E-state index contributed by atoms with van der Waals surface area (Å²) in [6.07, 6.45) is 25.6. The highest BCUT2D eigenvalue weighted by atomic mass is 31.2. The summed E-state index contributed by atoms with van der Waals surface area (Å²) in [4.78, 5) is 73.3. The summed E-state index contributed by atoms with van der Waals surface area (Å²) in [7, 11) is -16.6. The van der Waals surface area contributed by atoms with Crippen molar-refractivity contribution >= 4 is 35.4 Å². The molecule has 0 heterocycles. The van der Waals surface area contributed by atoms with E-state index in [9.17, 15) is 63.1 Å². The second-order valence-electron chi connectivity index (χ2n) is 17.4. The predicted octanol–water partition coefficient (Wildman–Crippen LogP) is 9.40. The third-order valence-corrected chi connectivity index (χ3v) is 13.2. The number of aliphatic hydroxyl groups excluding tert-OH is 3. The van der Waals surface area contributed by atoms with Gasteiger partial charge in [0.25, 0.3) is 0 Å². The number of unbranched alkanes of at least 4 members (excludes halogenated alkanes) is 18. The Balaban J connectivity index is 2.75. The first-order valence-corrected chi connectivity index (χ1v) is 29.5. The first-order chi connectivity index (χ1) is 32.8. The molecule has 0 aromatic rings. The van der Waals surface area contributed by atoms with Crippen LogP contribution >= 0.6 is 23.5 Å². The molecule has 0 aromatic carbocycles. The minimum absolute atomic E-state index is 0.0703. The van der Waals surface area contributed by atoms with Gasteiger partial charge in [0.1, 0.15) is 43.2 Å². The van der Waals surface area contributed by atoms with Crippen LogP contribution in [-0.4, -0.2) is 108 Å². The quantitative estimate of drug-likeness (QED) is 0.0122. The largest absolute Gasteiger partial charge is 0.472 e. The van der Waals surface area contributed by atoms with Crippen LogP contribution in [0.15, 0.2) is 48.6 Å². The summed E-state index contributed by atoms with van der Waals surface area (Å²) >= 11 is 0. The Bertz CT molecular complexity index is 1630. The fraction of sp³-hybridized carbons (Fsp3) is 0.787. The summed E-state index contributed by atoms with van der Waals surface area (Å²) < 4.78 is 65.5. The fourth-order valence-electron chi connectivity index (χ4n) is 7.40. The van der Waals surface area contributed by atoms with Crippen LogP contribution < -0.4 is 0 Å². The summed E-state index contributed by atoms with van der Waals surface area (Å²) in [6.45, 7) is 2.88. The maximum Gasteiger partial charge on any atom is 0.472 e. The molecule has 8 N–H and O–H groups in total. The number of hydrogen-bond donors (Lipinski definition) is 8. The van der Waals surface area contributed by atoms with E-state index in [1.54, 1.807) is 0 Å². The first kappa shape index (κ1) is 65.1. The van der Waals surface area contributed by atoms with Crippen molar-refractivity contribution in [1.82, 2.24) is 0 Å². The van der Waals surface area contributed by atoms with Crippen LogP contribution in [-0.2, 0) is 50.9 Å². The second-order valence-corrected chi connectivity index (χ2v) is 21.2. The van der Waals surface area contributed by atoms with Crippen LogP contribution in [0.2, 0.25) is 0 Å². The molecule has 22 heteroatoms. The standard InChI is InChI=1S/C47H85O19P3/c1-3-5-7-9-11-13-15-17-19-20-22-24-26-28-30-32-34-36-41(49)63-39(37-61-40(48)35-33-31-29-27-25-23-21-18-16-14-12-10-8-6-4-2)38-62-69(59,60)66-45-42(50)43(51)46(64-67(53,54)55)47(44(45)52)65-68(56,57)58/h11,13,17,19,22,24,28,30,39,42-47,50-52H,3-10,12,14-16,18,20-21,23,25-27,29,31-38H2,1-2H3,(H,59,60)(H2,53,54,55)(H2,56,57,58)/b13-11+,19-17-,24-22+,30-28-/t39-,42-,43+,44+,45-,46-,47-/m1/s1. The van der Waals surface area contributed by atoms with Crippen LogP contribution in [0.1, 0.15) is 181 Å². The van der Waals surface area contributed by atoms with Gasteiger partial charge in [-0.3, -0.25) is 27.7 Å². The van der Waals surface area contributed by atoms with E-state index >= 15 is 0 Å². The van der Waals surface area contributed by atoms with Crippen molar-refractivity contribution < 1.29 is 90.6 Å². The Labute approximate surface area is 410 Å². The van der Waals surface area contributed by atoms with Gasteiger partial charge in [0.2, 0.25) is 0 Å². The van der Waals surface area contributed by atoms with Crippen LogP contribution in [0.5, 0.6) is 0 Å². The van der Waals surface area contributed by atoms with Gasteiger partial charge >= 0.3 is 35.4 Å². The van der Waals surface area contributed by atoms with Crippen molar-refractivity contribution in [3.63, 3.8) is 0 Å². The molecule has 19 nitrogen and oxygen atoms in total. The third-order valence-electron chi connectivity index (χ3n) is 11.1. The second kappa shape index (κ2) is 38.7. The van der Waals surface area contributed by atoms with E-state index in [0.717, 1.165) is 44.9 Å². The monoisotopic (exact) mass is 1050 g/mol. The van der Waals surface area contributed by atoms with Gasteiger partial charge in [-0.25, -0.2) is 13.7 Å². The minimum atomic E-state index is -5.61. The molecule has 0 saturated heterocycles. The van der Waals surface area contributed by atoms with Gasteiger partial charge in [-0.05, 0) is 51.4 Å². The molecule has 1 fully saturated rings. The molecule has 1 unspecified atom stereocenters. The molecular formula is C47H85O19P3. The van der Waals surface area contributed by atoms with Gasteiger partial charge in [0.05, 0.1) is 6.61 Å². The Kier molecular flexibility index (Phi) is 36.5. The zero-order valence-corrected chi connectivity index (χ0v) is 43.6. The highest BCUT2D eigenvalue weighted by molar-refractivity contribution is 7.47. The van der Waals surface area contributed by atoms with Crippen molar-refractivity contribution in [2.45, 2.75) is 224 Å². The molecule has 1 rings (SSSR count). The van der Waals surface area contributed by atoms with E-state index in [0.29, 0.717) is 25.7 Å². The molecule has 0 amide bonds. The van der Waals surface area contributed by atoms with Gasteiger partial charge in [-0.2, -0.15) is 0 Å². The molecule has 1 saturated carbocycles. The number of carbonyl (C=O) groups is 2. The molecule has 0 aromatic heterocycles. The van der Waals surface area contributed by atoms with Gasteiger partial charge in [0.15, 0.2) is 6.10 Å². The van der Waals surface area contributed by atoms with E-state index in [4.69, 9.17) is 18.5 Å². The minimum Gasteiger partial charge on any atom is -0.462 e. The molecule has 0 bridgehead atoms. The molecular weight excluding hydrogens is 961 g/mol. The van der Waals surface area contributed by atoms with E-state index in [1.165, 1.54) is 83.5 Å². The number of esters is 2. The Morgan fingerprint density at radius 3 is 1.33 bits per heavy atom. The highest BCUT2D eigenvalue weighted by Gasteiger charge is 2.56. The number of hydrogen-bond acceptors (Lipinski definition) is 14. The molecule has 1 aliphatic rings. The summed E-state index contributed by atoms with van der Waals surface area (Å²) in [5.41, 5.74) is 0. The normalized spacial score (nSPS) is 21.7. The van der Waals surface area contributed by atoms with E-state index in [2.05, 4.69) is 53.3 Å². The molecule has 69 heavy (non-hydrogen) atoms. The molecule has 0 aliphatic heterocycles. The average molecular weight is 1050 g/mol. The highest BCUT2D eigenvalue weighted by Crippen LogP contribution is 2.51. The number of phosphoric ester groups is 3. The Hall–Kier alpha value is -1.89. The van der Waals surface area contributed by atoms with Crippen LogP contribution in [0, 0.1) is 0 Å². The van der Waals surface area contributed by atoms with Gasteiger partial charge in [0, 0.05) is 12.8 Å². The topological polar surface area (TPSA) is 303 Å². The first-order valence-electron chi connectivity index (χ1n) is 24.9. The summed E-state index contributed by atoms with van der Waals surface area (Å²) in [6, 6.07) is 0. The number of allylic oxidation sites excluding steroid dienone is 8. The predicted molar refractivity (Wildman–Crippen MR) is 261 cm³/mol. The molecule has 1 aliphatic carbocycles. The lowest BCUT2D eigenvalue weighted by Gasteiger charge is -2.44. The number of rotatable bonds is 42. The number of carbonyl (C=O) groups excluding carboxylic acids is 2. The van der Waals surface area contributed by atoms with Crippen LogP contribution in [0.3, 0.4) is 0 Å². The Morgan fingerprint density at radius 1 is 0.464 bits per heavy atom. The zero-order valence-electron chi connectivity index (χ0n) is 40.9. The number of aliphatic hydroxyl groups is 3. The summed E-state index contributed by atoms with van der Waals surface area (Å²) in [5.74, 6) is -1.36. The maximum absolute atomic E-state index is 13.1. The van der Waals surface area contributed by atoms with Crippen LogP contribution in [0.4, 0.5) is 0 Å². The molecule has 0 spiro atoms. The van der Waals surface area contributed by atoms with Gasteiger partial charge < -0.3 is 49.3 Å². The average Bonchev–Trinajstić information content (AvgIpc) is 3.28. The van der Waals surface area contributed by atoms with Crippen molar-refractivity contribution in [3.05, 3.63) is 48.6 Å². The molecule has 402 valence electrons.